The molecule has 0 spiro atoms. The molecule has 0 aliphatic heterocycles. The van der Waals surface area contributed by atoms with Gasteiger partial charge in [0.1, 0.15) is 5.75 Å². The number of aromatic nitrogens is 3. The Labute approximate surface area is 157 Å². The summed E-state index contributed by atoms with van der Waals surface area (Å²) in [7, 11) is 4.66. The fourth-order valence-corrected chi connectivity index (χ4v) is 2.28. The predicted molar refractivity (Wildman–Crippen MR) is 99.8 cm³/mol. The first-order chi connectivity index (χ1) is 13.2. The maximum atomic E-state index is 5.77. The summed E-state index contributed by atoms with van der Waals surface area (Å²) >= 11 is 0. The first-order valence-corrected chi connectivity index (χ1v) is 8.18. The largest absolute Gasteiger partial charge is 0.497 e. The highest BCUT2D eigenvalue weighted by Gasteiger charge is 2.11. The molecule has 0 saturated heterocycles. The summed E-state index contributed by atoms with van der Waals surface area (Å²) in [5.74, 6) is 1.88. The molecule has 8 heteroatoms. The molecule has 8 nitrogen and oxygen atoms in total. The zero-order valence-electron chi connectivity index (χ0n) is 15.3. The fraction of sp³-hybridized carbons (Fsp3) is 0.211. The van der Waals surface area contributed by atoms with Crippen molar-refractivity contribution in [2.24, 2.45) is 0 Å². The third-order valence-corrected chi connectivity index (χ3v) is 3.69. The molecule has 0 unspecified atom stereocenters. The number of hydrogen-bond acceptors (Lipinski definition) is 8. The summed E-state index contributed by atoms with van der Waals surface area (Å²) in [4.78, 5) is 12.6. The zero-order chi connectivity index (χ0) is 19.1. The van der Waals surface area contributed by atoms with Gasteiger partial charge in [-0.1, -0.05) is 6.07 Å². The van der Waals surface area contributed by atoms with Crippen molar-refractivity contribution >= 4 is 5.69 Å². The molecule has 27 heavy (non-hydrogen) atoms. The summed E-state index contributed by atoms with van der Waals surface area (Å²) in [6.45, 7) is 0.511. The molecule has 0 aliphatic rings. The van der Waals surface area contributed by atoms with Crippen molar-refractivity contribution < 1.29 is 18.9 Å². The summed E-state index contributed by atoms with van der Waals surface area (Å²) in [5.41, 5.74) is 1.80. The molecule has 0 aliphatic carbocycles. The Kier molecular flexibility index (Phi) is 5.88. The second-order valence-electron chi connectivity index (χ2n) is 5.39. The van der Waals surface area contributed by atoms with Gasteiger partial charge in [-0.05, 0) is 30.3 Å². The summed E-state index contributed by atoms with van der Waals surface area (Å²) < 4.78 is 21.2. The Bertz CT molecular complexity index is 865. The van der Waals surface area contributed by atoms with Crippen molar-refractivity contribution in [1.82, 2.24) is 15.0 Å². The third-order valence-electron chi connectivity index (χ3n) is 3.69. The number of nitrogens with zero attached hydrogens (tertiary/aromatic N) is 3. The number of anilines is 1. The van der Waals surface area contributed by atoms with E-state index in [0.717, 1.165) is 17.0 Å². The van der Waals surface area contributed by atoms with Gasteiger partial charge in [0.2, 0.25) is 17.6 Å². The first-order valence-electron chi connectivity index (χ1n) is 8.18. The van der Waals surface area contributed by atoms with Gasteiger partial charge < -0.3 is 24.3 Å². The minimum Gasteiger partial charge on any atom is -0.497 e. The zero-order valence-corrected chi connectivity index (χ0v) is 15.3. The lowest BCUT2D eigenvalue weighted by Gasteiger charge is -2.12. The Hall–Kier alpha value is -3.55. The van der Waals surface area contributed by atoms with Gasteiger partial charge in [0, 0.05) is 24.0 Å². The molecule has 0 radical (unpaired) electrons. The second kappa shape index (κ2) is 8.70. The number of hydrogen-bond donors (Lipinski definition) is 1. The highest BCUT2D eigenvalue weighted by atomic mass is 16.5. The van der Waals surface area contributed by atoms with Gasteiger partial charge in [0.15, 0.2) is 0 Å². The molecule has 1 N–H and O–H groups in total. The predicted octanol–water partition coefficient (Wildman–Crippen LogP) is 3.30. The molecule has 2 heterocycles. The van der Waals surface area contributed by atoms with E-state index in [1.54, 1.807) is 19.4 Å². The number of ether oxygens (including phenoxy) is 4. The topological polar surface area (TPSA) is 87.6 Å². The van der Waals surface area contributed by atoms with E-state index in [1.807, 2.05) is 36.4 Å². The molecular weight excluding hydrogens is 348 g/mol. The van der Waals surface area contributed by atoms with Crippen LogP contribution in [-0.4, -0.2) is 36.3 Å². The van der Waals surface area contributed by atoms with Gasteiger partial charge in [0.05, 0.1) is 27.4 Å². The van der Waals surface area contributed by atoms with Crippen LogP contribution in [-0.2, 0) is 6.54 Å². The van der Waals surface area contributed by atoms with Crippen LogP contribution in [0.3, 0.4) is 0 Å². The van der Waals surface area contributed by atoms with Crippen LogP contribution in [0.15, 0.2) is 48.7 Å². The van der Waals surface area contributed by atoms with Crippen LogP contribution in [0.5, 0.6) is 29.4 Å². The molecule has 140 valence electrons. The summed E-state index contributed by atoms with van der Waals surface area (Å²) in [6, 6.07) is 13.1. The fourth-order valence-electron chi connectivity index (χ4n) is 2.28. The molecule has 3 rings (SSSR count). The van der Waals surface area contributed by atoms with Gasteiger partial charge in [-0.25, -0.2) is 4.98 Å². The summed E-state index contributed by atoms with van der Waals surface area (Å²) in [5, 5.41) is 3.32. The molecule has 0 fully saturated rings. The van der Waals surface area contributed by atoms with Crippen LogP contribution < -0.4 is 24.3 Å². The van der Waals surface area contributed by atoms with Gasteiger partial charge in [0.25, 0.3) is 0 Å². The Morgan fingerprint density at radius 1 is 0.889 bits per heavy atom. The van der Waals surface area contributed by atoms with Crippen LogP contribution in [0.2, 0.25) is 0 Å². The van der Waals surface area contributed by atoms with Crippen molar-refractivity contribution in [3.8, 4) is 29.4 Å². The van der Waals surface area contributed by atoms with E-state index in [4.69, 9.17) is 18.9 Å². The molecule has 0 atom stereocenters. The van der Waals surface area contributed by atoms with E-state index in [9.17, 15) is 0 Å². The molecule has 2 aromatic heterocycles. The number of benzene rings is 1. The lowest BCUT2D eigenvalue weighted by Crippen LogP contribution is -2.04. The van der Waals surface area contributed by atoms with Crippen LogP contribution >= 0.6 is 0 Å². The molecule has 0 saturated carbocycles. The Morgan fingerprint density at radius 2 is 1.59 bits per heavy atom. The quantitative estimate of drug-likeness (QED) is 0.648. The van der Waals surface area contributed by atoms with E-state index in [2.05, 4.69) is 20.3 Å². The van der Waals surface area contributed by atoms with E-state index in [-0.39, 0.29) is 6.01 Å². The SMILES string of the molecule is COc1ccc(NCc2cccnc2Oc2nc(OC)cc(OC)n2)cc1. The van der Waals surface area contributed by atoms with Gasteiger partial charge >= 0.3 is 6.01 Å². The molecule has 3 aromatic rings. The summed E-state index contributed by atoms with van der Waals surface area (Å²) in [6.07, 6.45) is 1.64. The second-order valence-corrected chi connectivity index (χ2v) is 5.39. The molecule has 0 amide bonds. The number of pyridine rings is 1. The minimum absolute atomic E-state index is 0.0931. The van der Waals surface area contributed by atoms with Gasteiger partial charge in [-0.3, -0.25) is 0 Å². The number of nitrogens with one attached hydrogen (secondary N) is 1. The van der Waals surface area contributed by atoms with Crippen LogP contribution in [0.4, 0.5) is 5.69 Å². The molecule has 0 bridgehead atoms. The highest BCUT2D eigenvalue weighted by molar-refractivity contribution is 5.47. The van der Waals surface area contributed by atoms with E-state index >= 15 is 0 Å². The Morgan fingerprint density at radius 3 is 2.22 bits per heavy atom. The number of rotatable bonds is 8. The highest BCUT2D eigenvalue weighted by Crippen LogP contribution is 2.25. The van der Waals surface area contributed by atoms with Crippen LogP contribution in [0.1, 0.15) is 5.56 Å². The average Bonchev–Trinajstić information content (AvgIpc) is 2.73. The van der Waals surface area contributed by atoms with Crippen molar-refractivity contribution in [3.05, 3.63) is 54.2 Å². The van der Waals surface area contributed by atoms with Crippen LogP contribution in [0, 0.1) is 0 Å². The van der Waals surface area contributed by atoms with E-state index < -0.39 is 0 Å². The maximum absolute atomic E-state index is 5.77. The normalized spacial score (nSPS) is 10.2. The van der Waals surface area contributed by atoms with Crippen molar-refractivity contribution in [2.45, 2.75) is 6.54 Å². The minimum atomic E-state index is 0.0931. The first kappa shape index (κ1) is 18.2. The Balaban J connectivity index is 1.75. The average molecular weight is 368 g/mol. The van der Waals surface area contributed by atoms with Crippen molar-refractivity contribution in [1.29, 1.82) is 0 Å². The van der Waals surface area contributed by atoms with E-state index in [1.165, 1.54) is 14.2 Å². The van der Waals surface area contributed by atoms with Crippen molar-refractivity contribution in [3.63, 3.8) is 0 Å². The van der Waals surface area contributed by atoms with Crippen molar-refractivity contribution in [2.75, 3.05) is 26.6 Å². The van der Waals surface area contributed by atoms with Gasteiger partial charge in [-0.15, -0.1) is 0 Å². The lowest BCUT2D eigenvalue weighted by atomic mass is 10.2. The van der Waals surface area contributed by atoms with E-state index in [0.29, 0.717) is 24.2 Å². The molecular formula is C19H20N4O4. The number of methoxy groups -OCH3 is 3. The smallest absolute Gasteiger partial charge is 0.330 e. The van der Waals surface area contributed by atoms with Crippen LogP contribution in [0.25, 0.3) is 0 Å². The lowest BCUT2D eigenvalue weighted by molar-refractivity contribution is 0.344. The van der Waals surface area contributed by atoms with Gasteiger partial charge in [-0.2, -0.15) is 9.97 Å². The standard InChI is InChI=1S/C19H20N4O4/c1-24-15-8-6-14(7-9-15)21-12-13-5-4-10-20-18(13)27-19-22-16(25-2)11-17(23-19)26-3/h4-11,21H,12H2,1-3H3. The third kappa shape index (κ3) is 4.75. The maximum Gasteiger partial charge on any atom is 0.330 e. The monoisotopic (exact) mass is 368 g/mol. The molecule has 1 aromatic carbocycles.